The third-order valence-electron chi connectivity index (χ3n) is 4.54. The first-order chi connectivity index (χ1) is 9.70. The molecule has 4 N–H and O–H groups in total. The second kappa shape index (κ2) is 4.28. The van der Waals surface area contributed by atoms with Crippen molar-refractivity contribution in [1.29, 1.82) is 0 Å². The topological polar surface area (TPSA) is 87.3 Å². The van der Waals surface area contributed by atoms with Gasteiger partial charge in [-0.25, -0.2) is 4.79 Å². The predicted octanol–water partition coefficient (Wildman–Crippen LogP) is 1.35. The van der Waals surface area contributed by atoms with Gasteiger partial charge in [-0.3, -0.25) is 9.88 Å². The average molecular weight is 274 g/mol. The van der Waals surface area contributed by atoms with E-state index < -0.39 is 5.76 Å². The first-order valence-electron chi connectivity index (χ1n) is 7.13. The summed E-state index contributed by atoms with van der Waals surface area (Å²) in [6.07, 6.45) is 3.68. The van der Waals surface area contributed by atoms with Gasteiger partial charge in [0.05, 0.1) is 16.9 Å². The van der Waals surface area contributed by atoms with Crippen LogP contribution in [0.4, 0.5) is 11.4 Å². The van der Waals surface area contributed by atoms with Gasteiger partial charge in [-0.2, -0.15) is 0 Å². The minimum atomic E-state index is -0.445. The number of benzene rings is 1. The molecular weight excluding hydrogens is 256 g/mol. The van der Waals surface area contributed by atoms with Crippen molar-refractivity contribution in [3.05, 3.63) is 22.7 Å². The van der Waals surface area contributed by atoms with Gasteiger partial charge in [-0.15, -0.1) is 0 Å². The van der Waals surface area contributed by atoms with Crippen molar-refractivity contribution in [2.75, 3.05) is 24.1 Å². The van der Waals surface area contributed by atoms with Crippen LogP contribution >= 0.6 is 0 Å². The summed E-state index contributed by atoms with van der Waals surface area (Å²) in [7, 11) is 0. The smallest absolute Gasteiger partial charge is 0.408 e. The van der Waals surface area contributed by atoms with Crippen molar-refractivity contribution in [3.8, 4) is 0 Å². The van der Waals surface area contributed by atoms with E-state index in [1.54, 1.807) is 6.07 Å². The standard InChI is InChI=1S/C14H18N4O2/c15-8-6-13-11(17-14(19)20-13)7-10(8)16-9-3-5-18-4-1-2-12(9)18/h6-7,9,12,16H,1-5,15H2,(H,17,19). The van der Waals surface area contributed by atoms with Crippen molar-refractivity contribution >= 4 is 22.5 Å². The Morgan fingerprint density at radius 2 is 2.25 bits per heavy atom. The van der Waals surface area contributed by atoms with E-state index >= 15 is 0 Å². The molecule has 0 bridgehead atoms. The van der Waals surface area contributed by atoms with Gasteiger partial charge in [0.1, 0.15) is 0 Å². The van der Waals surface area contributed by atoms with Crippen LogP contribution in [0.25, 0.3) is 11.1 Å². The number of anilines is 2. The molecule has 1 aromatic carbocycles. The molecule has 2 fully saturated rings. The Bertz CT molecular complexity index is 705. The third-order valence-corrected chi connectivity index (χ3v) is 4.54. The van der Waals surface area contributed by atoms with Gasteiger partial charge in [0.15, 0.2) is 5.58 Å². The highest BCUT2D eigenvalue weighted by Gasteiger charge is 2.37. The van der Waals surface area contributed by atoms with Crippen LogP contribution in [0.5, 0.6) is 0 Å². The lowest BCUT2D eigenvalue weighted by Gasteiger charge is -2.23. The summed E-state index contributed by atoms with van der Waals surface area (Å²) in [6.45, 7) is 2.37. The molecule has 2 atom stereocenters. The summed E-state index contributed by atoms with van der Waals surface area (Å²) in [5, 5.41) is 3.55. The number of oxazole rings is 1. The average Bonchev–Trinajstić information content (AvgIpc) is 3.06. The number of nitrogens with zero attached hydrogens (tertiary/aromatic N) is 1. The molecule has 4 rings (SSSR count). The van der Waals surface area contributed by atoms with E-state index in [1.807, 2.05) is 6.07 Å². The Hall–Kier alpha value is -1.95. The fraction of sp³-hybridized carbons (Fsp3) is 0.500. The zero-order valence-corrected chi connectivity index (χ0v) is 11.2. The molecule has 2 saturated heterocycles. The van der Waals surface area contributed by atoms with Crippen LogP contribution in [0.2, 0.25) is 0 Å². The van der Waals surface area contributed by atoms with Crippen molar-refractivity contribution in [1.82, 2.24) is 9.88 Å². The van der Waals surface area contributed by atoms with Crippen molar-refractivity contribution < 1.29 is 4.42 Å². The Morgan fingerprint density at radius 1 is 1.35 bits per heavy atom. The van der Waals surface area contributed by atoms with Crippen LogP contribution < -0.4 is 16.8 Å². The lowest BCUT2D eigenvalue weighted by Crippen LogP contribution is -2.33. The van der Waals surface area contributed by atoms with Gasteiger partial charge < -0.3 is 15.5 Å². The summed E-state index contributed by atoms with van der Waals surface area (Å²) in [6, 6.07) is 4.63. The largest absolute Gasteiger partial charge is 0.417 e. The van der Waals surface area contributed by atoms with E-state index in [0.29, 0.717) is 28.9 Å². The van der Waals surface area contributed by atoms with Gasteiger partial charge in [0.2, 0.25) is 0 Å². The molecule has 2 unspecified atom stereocenters. The van der Waals surface area contributed by atoms with Gasteiger partial charge in [-0.05, 0) is 31.9 Å². The maximum atomic E-state index is 11.2. The number of nitrogen functional groups attached to an aromatic ring is 1. The number of aromatic nitrogens is 1. The molecule has 2 aliphatic rings. The fourth-order valence-electron chi connectivity index (χ4n) is 3.59. The zero-order valence-electron chi connectivity index (χ0n) is 11.2. The van der Waals surface area contributed by atoms with Crippen molar-refractivity contribution in [2.45, 2.75) is 31.3 Å². The molecule has 106 valence electrons. The summed E-state index contributed by atoms with van der Waals surface area (Å²) in [4.78, 5) is 16.4. The highest BCUT2D eigenvalue weighted by atomic mass is 16.4. The highest BCUT2D eigenvalue weighted by Crippen LogP contribution is 2.32. The van der Waals surface area contributed by atoms with Crippen LogP contribution in [0, 0.1) is 0 Å². The van der Waals surface area contributed by atoms with Gasteiger partial charge in [-0.1, -0.05) is 0 Å². The van der Waals surface area contributed by atoms with E-state index in [0.717, 1.165) is 18.7 Å². The molecule has 6 nitrogen and oxygen atoms in total. The molecule has 0 saturated carbocycles. The molecule has 2 aromatic rings. The summed E-state index contributed by atoms with van der Waals surface area (Å²) < 4.78 is 5.02. The second-order valence-corrected chi connectivity index (χ2v) is 5.74. The number of rotatable bonds is 2. The van der Waals surface area contributed by atoms with Crippen LogP contribution in [-0.4, -0.2) is 35.1 Å². The molecule has 0 aliphatic carbocycles. The summed E-state index contributed by atoms with van der Waals surface area (Å²) in [5.41, 5.74) is 8.76. The van der Waals surface area contributed by atoms with Crippen LogP contribution in [0.3, 0.4) is 0 Å². The zero-order chi connectivity index (χ0) is 13.7. The Kier molecular flexibility index (Phi) is 2.53. The number of hydrogen-bond donors (Lipinski definition) is 3. The van der Waals surface area contributed by atoms with Crippen LogP contribution in [0.15, 0.2) is 21.3 Å². The maximum Gasteiger partial charge on any atom is 0.417 e. The van der Waals surface area contributed by atoms with E-state index in [4.69, 9.17) is 10.2 Å². The summed E-state index contributed by atoms with van der Waals surface area (Å²) in [5.74, 6) is -0.445. The number of H-pyrrole nitrogens is 1. The van der Waals surface area contributed by atoms with Crippen molar-refractivity contribution in [3.63, 3.8) is 0 Å². The van der Waals surface area contributed by atoms with Gasteiger partial charge in [0, 0.05) is 24.7 Å². The number of nitrogens with two attached hydrogens (primary N) is 1. The van der Waals surface area contributed by atoms with E-state index in [2.05, 4.69) is 15.2 Å². The van der Waals surface area contributed by atoms with E-state index in [-0.39, 0.29) is 0 Å². The molecule has 6 heteroatoms. The lowest BCUT2D eigenvalue weighted by molar-refractivity contribution is 0.318. The van der Waals surface area contributed by atoms with Crippen LogP contribution in [-0.2, 0) is 0 Å². The SMILES string of the molecule is Nc1cc2oc(=O)[nH]c2cc1NC1CCN2CCCC12. The van der Waals surface area contributed by atoms with Crippen LogP contribution in [0.1, 0.15) is 19.3 Å². The molecule has 20 heavy (non-hydrogen) atoms. The number of aromatic amines is 1. The van der Waals surface area contributed by atoms with Crippen molar-refractivity contribution in [2.24, 2.45) is 0 Å². The maximum absolute atomic E-state index is 11.2. The third kappa shape index (κ3) is 1.79. The Balaban J connectivity index is 1.64. The molecule has 3 heterocycles. The number of fused-ring (bicyclic) bond motifs is 2. The Labute approximate surface area is 115 Å². The number of nitrogens with one attached hydrogen (secondary N) is 2. The second-order valence-electron chi connectivity index (χ2n) is 5.74. The first-order valence-corrected chi connectivity index (χ1v) is 7.13. The highest BCUT2D eigenvalue weighted by molar-refractivity contribution is 5.85. The molecule has 1 aromatic heterocycles. The number of hydrogen-bond acceptors (Lipinski definition) is 5. The molecular formula is C14H18N4O2. The molecule has 2 aliphatic heterocycles. The van der Waals surface area contributed by atoms with Gasteiger partial charge in [0.25, 0.3) is 0 Å². The summed E-state index contributed by atoms with van der Waals surface area (Å²) >= 11 is 0. The Morgan fingerprint density at radius 3 is 3.15 bits per heavy atom. The molecule has 0 amide bonds. The van der Waals surface area contributed by atoms with E-state index in [9.17, 15) is 4.79 Å². The monoisotopic (exact) mass is 274 g/mol. The molecule has 0 spiro atoms. The molecule has 0 radical (unpaired) electrons. The van der Waals surface area contributed by atoms with E-state index in [1.165, 1.54) is 19.4 Å². The quantitative estimate of drug-likeness (QED) is 0.720. The predicted molar refractivity (Wildman–Crippen MR) is 77.9 cm³/mol. The van der Waals surface area contributed by atoms with Gasteiger partial charge >= 0.3 is 5.76 Å². The minimum absolute atomic E-state index is 0.441. The first kappa shape index (κ1) is 11.8. The minimum Gasteiger partial charge on any atom is -0.408 e. The normalized spacial score (nSPS) is 26.2. The lowest BCUT2D eigenvalue weighted by atomic mass is 10.1. The fourth-order valence-corrected chi connectivity index (χ4v) is 3.59.